The second kappa shape index (κ2) is 7.25. The quantitative estimate of drug-likeness (QED) is 0.720. The molecule has 16 heavy (non-hydrogen) atoms. The number of benzene rings is 1. The summed E-state index contributed by atoms with van der Waals surface area (Å²) in [6.07, 6.45) is 2.02. The number of methoxy groups -OCH3 is 2. The monoisotopic (exact) mass is 224 g/mol. The van der Waals surface area contributed by atoms with E-state index in [0.717, 1.165) is 24.2 Å². The molecule has 1 unspecified atom stereocenters. The number of aliphatic hydroxyl groups is 1. The van der Waals surface area contributed by atoms with E-state index < -0.39 is 0 Å². The molecule has 0 aromatic heterocycles. The number of hydrogen-bond acceptors (Lipinski definition) is 3. The Morgan fingerprint density at radius 2 is 2.12 bits per heavy atom. The predicted molar refractivity (Wildman–Crippen MR) is 63.8 cm³/mol. The maximum absolute atomic E-state index is 9.80. The van der Waals surface area contributed by atoms with Crippen LogP contribution in [-0.4, -0.2) is 32.0 Å². The Labute approximate surface area is 97.0 Å². The van der Waals surface area contributed by atoms with E-state index in [-0.39, 0.29) is 6.10 Å². The molecule has 0 aliphatic carbocycles. The summed E-state index contributed by atoms with van der Waals surface area (Å²) in [6, 6.07) is 7.80. The van der Waals surface area contributed by atoms with Crippen molar-refractivity contribution >= 4 is 0 Å². The van der Waals surface area contributed by atoms with E-state index >= 15 is 0 Å². The first-order valence-corrected chi connectivity index (χ1v) is 5.56. The van der Waals surface area contributed by atoms with Gasteiger partial charge in [-0.1, -0.05) is 12.1 Å². The summed E-state index contributed by atoms with van der Waals surface area (Å²) in [5.74, 6) is 0.835. The Balaban J connectivity index is 2.39. The molecule has 0 saturated heterocycles. The second-order valence-electron chi connectivity index (χ2n) is 3.84. The third kappa shape index (κ3) is 4.64. The van der Waals surface area contributed by atoms with Crippen LogP contribution < -0.4 is 4.74 Å². The largest absolute Gasteiger partial charge is 0.497 e. The first-order valence-electron chi connectivity index (χ1n) is 5.56. The lowest BCUT2D eigenvalue weighted by molar-refractivity contribution is 0.135. The number of ether oxygens (including phenoxy) is 2. The standard InChI is InChI=1S/C13H20O3/c1-15-8-4-6-12(14)9-11-5-3-7-13(10-11)16-2/h3,5,7,10,12,14H,4,6,8-9H2,1-2H3. The van der Waals surface area contributed by atoms with Gasteiger partial charge in [0, 0.05) is 13.7 Å². The Kier molecular flexibility index (Phi) is 5.90. The molecule has 1 rings (SSSR count). The van der Waals surface area contributed by atoms with Crippen LogP contribution in [0, 0.1) is 0 Å². The number of rotatable bonds is 7. The van der Waals surface area contributed by atoms with Gasteiger partial charge in [-0.2, -0.15) is 0 Å². The minimum absolute atomic E-state index is 0.303. The van der Waals surface area contributed by atoms with Crippen molar-refractivity contribution < 1.29 is 14.6 Å². The highest BCUT2D eigenvalue weighted by molar-refractivity contribution is 5.28. The van der Waals surface area contributed by atoms with Gasteiger partial charge in [0.25, 0.3) is 0 Å². The van der Waals surface area contributed by atoms with Crippen molar-refractivity contribution in [3.63, 3.8) is 0 Å². The van der Waals surface area contributed by atoms with Crippen molar-refractivity contribution in [2.75, 3.05) is 20.8 Å². The molecule has 1 atom stereocenters. The summed E-state index contributed by atoms with van der Waals surface area (Å²) in [6.45, 7) is 0.704. The van der Waals surface area contributed by atoms with Gasteiger partial charge in [0.15, 0.2) is 0 Å². The van der Waals surface area contributed by atoms with E-state index in [9.17, 15) is 5.11 Å². The third-order valence-electron chi connectivity index (χ3n) is 2.49. The van der Waals surface area contributed by atoms with Crippen LogP contribution in [0.3, 0.4) is 0 Å². The van der Waals surface area contributed by atoms with Crippen LogP contribution in [0.2, 0.25) is 0 Å². The van der Waals surface area contributed by atoms with Crippen molar-refractivity contribution in [1.29, 1.82) is 0 Å². The van der Waals surface area contributed by atoms with Crippen LogP contribution in [0.4, 0.5) is 0 Å². The van der Waals surface area contributed by atoms with E-state index in [1.165, 1.54) is 0 Å². The molecule has 0 amide bonds. The average molecular weight is 224 g/mol. The fourth-order valence-electron chi connectivity index (χ4n) is 1.64. The Hall–Kier alpha value is -1.06. The zero-order valence-electron chi connectivity index (χ0n) is 9.98. The van der Waals surface area contributed by atoms with Gasteiger partial charge in [0.05, 0.1) is 13.2 Å². The minimum atomic E-state index is -0.303. The molecule has 0 radical (unpaired) electrons. The molecule has 3 nitrogen and oxygen atoms in total. The predicted octanol–water partition coefficient (Wildman–Crippen LogP) is 2.03. The highest BCUT2D eigenvalue weighted by atomic mass is 16.5. The molecule has 1 aromatic rings. The van der Waals surface area contributed by atoms with Gasteiger partial charge in [-0.3, -0.25) is 0 Å². The lowest BCUT2D eigenvalue weighted by atomic mass is 10.0. The topological polar surface area (TPSA) is 38.7 Å². The van der Waals surface area contributed by atoms with Crippen molar-refractivity contribution in [2.24, 2.45) is 0 Å². The molecular formula is C13H20O3. The van der Waals surface area contributed by atoms with E-state index in [1.54, 1.807) is 14.2 Å². The summed E-state index contributed by atoms with van der Waals surface area (Å²) in [7, 11) is 3.32. The van der Waals surface area contributed by atoms with Crippen LogP contribution >= 0.6 is 0 Å². The van der Waals surface area contributed by atoms with Crippen LogP contribution in [-0.2, 0) is 11.2 Å². The van der Waals surface area contributed by atoms with E-state index in [2.05, 4.69) is 0 Å². The molecule has 0 saturated carbocycles. The molecule has 0 fully saturated rings. The van der Waals surface area contributed by atoms with E-state index in [4.69, 9.17) is 9.47 Å². The normalized spacial score (nSPS) is 12.4. The Morgan fingerprint density at radius 1 is 1.31 bits per heavy atom. The number of aliphatic hydroxyl groups excluding tert-OH is 1. The molecule has 90 valence electrons. The molecule has 1 aromatic carbocycles. The fourth-order valence-corrected chi connectivity index (χ4v) is 1.64. The van der Waals surface area contributed by atoms with Gasteiger partial charge in [-0.15, -0.1) is 0 Å². The van der Waals surface area contributed by atoms with Gasteiger partial charge in [-0.05, 0) is 37.0 Å². The van der Waals surface area contributed by atoms with Gasteiger partial charge in [0.2, 0.25) is 0 Å². The number of hydrogen-bond donors (Lipinski definition) is 1. The Morgan fingerprint density at radius 3 is 2.81 bits per heavy atom. The molecule has 0 spiro atoms. The smallest absolute Gasteiger partial charge is 0.119 e. The van der Waals surface area contributed by atoms with Crippen molar-refractivity contribution in [2.45, 2.75) is 25.4 Å². The van der Waals surface area contributed by atoms with E-state index in [1.807, 2.05) is 24.3 Å². The van der Waals surface area contributed by atoms with Gasteiger partial charge in [0.1, 0.15) is 5.75 Å². The molecule has 0 bridgehead atoms. The van der Waals surface area contributed by atoms with Crippen LogP contribution in [0.1, 0.15) is 18.4 Å². The van der Waals surface area contributed by atoms with Crippen molar-refractivity contribution in [1.82, 2.24) is 0 Å². The lowest BCUT2D eigenvalue weighted by Gasteiger charge is -2.11. The van der Waals surface area contributed by atoms with Crippen LogP contribution in [0.5, 0.6) is 5.75 Å². The van der Waals surface area contributed by atoms with Crippen LogP contribution in [0.15, 0.2) is 24.3 Å². The summed E-state index contributed by atoms with van der Waals surface area (Å²) in [5.41, 5.74) is 1.10. The van der Waals surface area contributed by atoms with Crippen molar-refractivity contribution in [3.8, 4) is 5.75 Å². The first kappa shape index (κ1) is 13.0. The van der Waals surface area contributed by atoms with Gasteiger partial charge in [-0.25, -0.2) is 0 Å². The van der Waals surface area contributed by atoms with E-state index in [0.29, 0.717) is 13.0 Å². The molecular weight excluding hydrogens is 204 g/mol. The highest BCUT2D eigenvalue weighted by Gasteiger charge is 2.05. The SMILES string of the molecule is COCCCC(O)Cc1cccc(OC)c1. The maximum atomic E-state index is 9.80. The first-order chi connectivity index (χ1) is 7.76. The molecule has 3 heteroatoms. The summed E-state index contributed by atoms with van der Waals surface area (Å²) in [4.78, 5) is 0. The summed E-state index contributed by atoms with van der Waals surface area (Å²) < 4.78 is 10.1. The maximum Gasteiger partial charge on any atom is 0.119 e. The average Bonchev–Trinajstić information content (AvgIpc) is 2.29. The minimum Gasteiger partial charge on any atom is -0.497 e. The third-order valence-corrected chi connectivity index (χ3v) is 2.49. The zero-order chi connectivity index (χ0) is 11.8. The summed E-state index contributed by atoms with van der Waals surface area (Å²) >= 11 is 0. The second-order valence-corrected chi connectivity index (χ2v) is 3.84. The highest BCUT2D eigenvalue weighted by Crippen LogP contribution is 2.15. The lowest BCUT2D eigenvalue weighted by Crippen LogP contribution is -2.11. The molecule has 0 heterocycles. The fraction of sp³-hybridized carbons (Fsp3) is 0.538. The van der Waals surface area contributed by atoms with Gasteiger partial charge >= 0.3 is 0 Å². The van der Waals surface area contributed by atoms with Crippen molar-refractivity contribution in [3.05, 3.63) is 29.8 Å². The molecule has 0 aliphatic rings. The van der Waals surface area contributed by atoms with Crippen LogP contribution in [0.25, 0.3) is 0 Å². The zero-order valence-corrected chi connectivity index (χ0v) is 9.98. The summed E-state index contributed by atoms with van der Waals surface area (Å²) in [5, 5.41) is 9.80. The molecule has 1 N–H and O–H groups in total. The Bertz CT molecular complexity index is 299. The van der Waals surface area contributed by atoms with Gasteiger partial charge < -0.3 is 14.6 Å². The molecule has 0 aliphatic heterocycles.